The summed E-state index contributed by atoms with van der Waals surface area (Å²) < 4.78 is 18.7. The Morgan fingerprint density at radius 1 is 1.33 bits per heavy atom. The average molecular weight is 244 g/mol. The van der Waals surface area contributed by atoms with Crippen molar-refractivity contribution in [2.45, 2.75) is 0 Å². The third-order valence-corrected chi connectivity index (χ3v) is 2.80. The highest BCUT2D eigenvalue weighted by Gasteiger charge is 2.26. The van der Waals surface area contributed by atoms with Crippen molar-refractivity contribution >= 4 is 11.6 Å². The Hall–Kier alpha value is -2.43. The molecule has 0 radical (unpaired) electrons. The second-order valence-electron chi connectivity index (χ2n) is 3.93. The van der Waals surface area contributed by atoms with Crippen LogP contribution in [0.2, 0.25) is 0 Å². The second kappa shape index (κ2) is 3.80. The minimum atomic E-state index is -0.422. The van der Waals surface area contributed by atoms with Crippen LogP contribution in [-0.2, 0) is 0 Å². The molecule has 3 rings (SSSR count). The Labute approximate surface area is 103 Å². The van der Waals surface area contributed by atoms with Crippen LogP contribution < -0.4 is 9.64 Å². The highest BCUT2D eigenvalue weighted by molar-refractivity contribution is 6.08. The lowest BCUT2D eigenvalue weighted by Crippen LogP contribution is -2.25. The monoisotopic (exact) mass is 244 g/mol. The number of hydrogen-bond acceptors (Lipinski definition) is 3. The molecule has 0 spiro atoms. The van der Waals surface area contributed by atoms with Crippen LogP contribution in [0.1, 0.15) is 10.4 Å². The number of nitrogens with zero attached hydrogens (tertiary/aromatic N) is 2. The van der Waals surface area contributed by atoms with E-state index in [1.165, 1.54) is 29.3 Å². The minimum Gasteiger partial charge on any atom is -0.436 e. The number of fused-ring (bicyclic) bond motifs is 2. The molecule has 0 saturated carbocycles. The second-order valence-corrected chi connectivity index (χ2v) is 3.93. The first kappa shape index (κ1) is 10.7. The van der Waals surface area contributed by atoms with Gasteiger partial charge < -0.3 is 9.64 Å². The number of halogens is 1. The van der Waals surface area contributed by atoms with Crippen molar-refractivity contribution in [2.24, 2.45) is 0 Å². The number of amides is 1. The quantitative estimate of drug-likeness (QED) is 0.715. The van der Waals surface area contributed by atoms with Gasteiger partial charge in [-0.2, -0.15) is 0 Å². The number of rotatable bonds is 0. The van der Waals surface area contributed by atoms with E-state index in [0.29, 0.717) is 11.3 Å². The largest absolute Gasteiger partial charge is 0.436 e. The maximum atomic E-state index is 13.2. The van der Waals surface area contributed by atoms with Gasteiger partial charge in [0.05, 0.1) is 5.69 Å². The topological polar surface area (TPSA) is 42.4 Å². The van der Waals surface area contributed by atoms with Gasteiger partial charge in [0.15, 0.2) is 5.75 Å². The summed E-state index contributed by atoms with van der Waals surface area (Å²) in [6.45, 7) is 0. The van der Waals surface area contributed by atoms with Crippen LogP contribution in [0.5, 0.6) is 11.6 Å². The molecule has 90 valence electrons. The summed E-state index contributed by atoms with van der Waals surface area (Å²) in [5.74, 6) is -0.181. The molecular formula is C13H9FN2O2. The zero-order chi connectivity index (χ0) is 12.7. The van der Waals surface area contributed by atoms with Crippen LogP contribution in [0.25, 0.3) is 0 Å². The molecule has 1 aromatic heterocycles. The lowest BCUT2D eigenvalue weighted by molar-refractivity contribution is 0.0992. The van der Waals surface area contributed by atoms with E-state index in [2.05, 4.69) is 4.98 Å². The Morgan fingerprint density at radius 2 is 2.17 bits per heavy atom. The predicted octanol–water partition coefficient (Wildman–Crippen LogP) is 2.60. The molecule has 0 saturated heterocycles. The number of benzene rings is 1. The first-order chi connectivity index (χ1) is 8.66. The van der Waals surface area contributed by atoms with E-state index >= 15 is 0 Å². The zero-order valence-electron chi connectivity index (χ0n) is 9.55. The molecule has 1 aliphatic rings. The Balaban J connectivity index is 2.24. The molecule has 5 heteroatoms. The van der Waals surface area contributed by atoms with Gasteiger partial charge >= 0.3 is 0 Å². The van der Waals surface area contributed by atoms with E-state index in [0.717, 1.165) is 0 Å². The summed E-state index contributed by atoms with van der Waals surface area (Å²) in [7, 11) is 1.62. The van der Waals surface area contributed by atoms with Gasteiger partial charge in [0.2, 0.25) is 5.88 Å². The lowest BCUT2D eigenvalue weighted by atomic mass is 10.2. The van der Waals surface area contributed by atoms with Crippen LogP contribution in [0.15, 0.2) is 36.5 Å². The number of carbonyl (C=O) groups is 1. The third-order valence-electron chi connectivity index (χ3n) is 2.80. The van der Waals surface area contributed by atoms with Crippen LogP contribution in [0.3, 0.4) is 0 Å². The van der Waals surface area contributed by atoms with Gasteiger partial charge in [-0.1, -0.05) is 0 Å². The molecule has 1 aromatic carbocycles. The van der Waals surface area contributed by atoms with Crippen molar-refractivity contribution < 1.29 is 13.9 Å². The molecular weight excluding hydrogens is 235 g/mol. The van der Waals surface area contributed by atoms with Gasteiger partial charge in [0, 0.05) is 19.3 Å². The number of ether oxygens (including phenoxy) is 1. The highest BCUT2D eigenvalue weighted by Crippen LogP contribution is 2.37. The molecule has 18 heavy (non-hydrogen) atoms. The maximum absolute atomic E-state index is 13.2. The molecule has 0 atom stereocenters. The van der Waals surface area contributed by atoms with E-state index < -0.39 is 5.82 Å². The van der Waals surface area contributed by atoms with Crippen LogP contribution >= 0.6 is 0 Å². The van der Waals surface area contributed by atoms with Crippen molar-refractivity contribution in [3.05, 3.63) is 47.9 Å². The third kappa shape index (κ3) is 1.52. The van der Waals surface area contributed by atoms with Gasteiger partial charge in [-0.3, -0.25) is 4.79 Å². The van der Waals surface area contributed by atoms with E-state index in [9.17, 15) is 9.18 Å². The van der Waals surface area contributed by atoms with Crippen molar-refractivity contribution in [3.63, 3.8) is 0 Å². The van der Waals surface area contributed by atoms with Gasteiger partial charge in [0.25, 0.3) is 5.91 Å². The van der Waals surface area contributed by atoms with Gasteiger partial charge in [-0.15, -0.1) is 0 Å². The fourth-order valence-corrected chi connectivity index (χ4v) is 1.88. The van der Waals surface area contributed by atoms with Crippen molar-refractivity contribution in [1.82, 2.24) is 4.98 Å². The van der Waals surface area contributed by atoms with Crippen LogP contribution in [-0.4, -0.2) is 17.9 Å². The van der Waals surface area contributed by atoms with E-state index in [4.69, 9.17) is 4.74 Å². The van der Waals surface area contributed by atoms with E-state index in [1.54, 1.807) is 19.2 Å². The van der Waals surface area contributed by atoms with Crippen LogP contribution in [0.4, 0.5) is 10.1 Å². The Morgan fingerprint density at radius 3 is 3.00 bits per heavy atom. The van der Waals surface area contributed by atoms with Gasteiger partial charge in [-0.25, -0.2) is 9.37 Å². The molecule has 2 heterocycles. The Kier molecular flexibility index (Phi) is 2.26. The molecule has 0 bridgehead atoms. The van der Waals surface area contributed by atoms with Crippen LogP contribution in [0, 0.1) is 5.82 Å². The smallest absolute Gasteiger partial charge is 0.263 e. The number of aromatic nitrogens is 1. The predicted molar refractivity (Wildman–Crippen MR) is 63.4 cm³/mol. The average Bonchev–Trinajstić information content (AvgIpc) is 2.47. The zero-order valence-corrected chi connectivity index (χ0v) is 9.55. The first-order valence-corrected chi connectivity index (χ1v) is 5.37. The van der Waals surface area contributed by atoms with Crippen molar-refractivity contribution in [3.8, 4) is 11.6 Å². The van der Waals surface area contributed by atoms with E-state index in [-0.39, 0.29) is 17.5 Å². The molecule has 0 N–H and O–H groups in total. The number of hydrogen-bond donors (Lipinski definition) is 0. The fraction of sp³-hybridized carbons (Fsp3) is 0.0769. The Bertz CT molecular complexity index is 643. The number of pyridine rings is 1. The molecule has 0 fully saturated rings. The summed E-state index contributed by atoms with van der Waals surface area (Å²) in [6.07, 6.45) is 1.52. The molecule has 0 aliphatic carbocycles. The van der Waals surface area contributed by atoms with Crippen molar-refractivity contribution in [1.29, 1.82) is 0 Å². The molecule has 1 amide bonds. The summed E-state index contributed by atoms with van der Waals surface area (Å²) in [5, 5.41) is 0. The minimum absolute atomic E-state index is 0.193. The summed E-state index contributed by atoms with van der Waals surface area (Å²) in [5.41, 5.74) is 0.871. The summed E-state index contributed by atoms with van der Waals surface area (Å²) >= 11 is 0. The summed E-state index contributed by atoms with van der Waals surface area (Å²) in [6, 6.07) is 7.32. The lowest BCUT2D eigenvalue weighted by Gasteiger charge is -2.15. The molecule has 1 aliphatic heterocycles. The van der Waals surface area contributed by atoms with E-state index in [1.807, 2.05) is 0 Å². The standard InChI is InChI=1S/C13H9FN2O2/c1-16-10-5-4-8(14)7-11(10)18-12-9(13(16)17)3-2-6-15-12/h2-7H,1H3. The highest BCUT2D eigenvalue weighted by atomic mass is 19.1. The van der Waals surface area contributed by atoms with Crippen molar-refractivity contribution in [2.75, 3.05) is 11.9 Å². The normalized spacial score (nSPS) is 13.4. The van der Waals surface area contributed by atoms with Gasteiger partial charge in [0.1, 0.15) is 11.4 Å². The fourth-order valence-electron chi connectivity index (χ4n) is 1.88. The SMILES string of the molecule is CN1C(=O)c2cccnc2Oc2cc(F)ccc21. The molecule has 0 unspecified atom stereocenters. The maximum Gasteiger partial charge on any atom is 0.263 e. The number of carbonyl (C=O) groups excluding carboxylic acids is 1. The molecule has 2 aromatic rings. The summed E-state index contributed by atoms with van der Waals surface area (Å²) in [4.78, 5) is 17.6. The van der Waals surface area contributed by atoms with Gasteiger partial charge in [-0.05, 0) is 24.3 Å². The molecule has 4 nitrogen and oxygen atoms in total. The number of anilines is 1. The first-order valence-electron chi connectivity index (χ1n) is 5.37.